The maximum Gasteiger partial charge on any atom is 1.00 e. The van der Waals surface area contributed by atoms with E-state index in [-0.39, 0.29) is 62.2 Å². The van der Waals surface area contributed by atoms with Crippen molar-refractivity contribution in [2.24, 2.45) is 0 Å². The molecule has 0 aromatic carbocycles. The summed E-state index contributed by atoms with van der Waals surface area (Å²) in [6, 6.07) is 2.11. The molecule has 14 heavy (non-hydrogen) atoms. The van der Waals surface area contributed by atoms with Crippen molar-refractivity contribution >= 4 is 0 Å². The van der Waals surface area contributed by atoms with Crippen LogP contribution in [0, 0.1) is 0 Å². The summed E-state index contributed by atoms with van der Waals surface area (Å²) in [5.41, 5.74) is 2.38. The average molecular weight is 218 g/mol. The Balaban J connectivity index is 0.00000169. The van der Waals surface area contributed by atoms with Crippen molar-refractivity contribution in [3.05, 3.63) is 17.5 Å². The molecule has 74 valence electrons. The second-order valence-electron chi connectivity index (χ2n) is 5.61. The third-order valence-electron chi connectivity index (χ3n) is 2.08. The van der Waals surface area contributed by atoms with E-state index in [0.29, 0.717) is 0 Å². The van der Waals surface area contributed by atoms with Crippen LogP contribution in [0.3, 0.4) is 0 Å². The van der Waals surface area contributed by atoms with E-state index in [1.165, 1.54) is 0 Å². The molecule has 0 aliphatic heterocycles. The van der Waals surface area contributed by atoms with Gasteiger partial charge in [-0.15, -0.1) is 5.69 Å². The van der Waals surface area contributed by atoms with Gasteiger partial charge in [-0.3, -0.25) is 0 Å². The number of nitrogens with zero attached hydrogens (tertiary/aromatic N) is 2. The summed E-state index contributed by atoms with van der Waals surface area (Å²) in [4.78, 5) is 0. The van der Waals surface area contributed by atoms with E-state index in [0.717, 1.165) is 11.4 Å². The fraction of sp³-hybridized carbons (Fsp3) is 0.727. The van der Waals surface area contributed by atoms with Gasteiger partial charge in [0.1, 0.15) is 0 Å². The Labute approximate surface area is 130 Å². The van der Waals surface area contributed by atoms with Crippen molar-refractivity contribution < 1.29 is 51.4 Å². The molecule has 1 rings (SSSR count). The first-order valence-electron chi connectivity index (χ1n) is 4.72. The largest absolute Gasteiger partial charge is 1.00 e. The van der Waals surface area contributed by atoms with Crippen LogP contribution in [0.2, 0.25) is 0 Å². The summed E-state index contributed by atoms with van der Waals surface area (Å²) < 4.78 is 0. The van der Waals surface area contributed by atoms with E-state index in [4.69, 9.17) is 0 Å². The van der Waals surface area contributed by atoms with Crippen molar-refractivity contribution in [1.29, 1.82) is 0 Å². The van der Waals surface area contributed by atoms with Crippen LogP contribution >= 0.6 is 0 Å². The summed E-state index contributed by atoms with van der Waals surface area (Å²) in [7, 11) is 0. The molecule has 3 heteroatoms. The molecule has 0 amide bonds. The third-order valence-corrected chi connectivity index (χ3v) is 2.08. The topological polar surface area (TPSA) is 27.0 Å². The summed E-state index contributed by atoms with van der Waals surface area (Å²) in [6.07, 6.45) is 0. The van der Waals surface area contributed by atoms with Crippen molar-refractivity contribution in [2.45, 2.75) is 52.4 Å². The van der Waals surface area contributed by atoms with Crippen LogP contribution in [-0.4, -0.2) is 5.10 Å². The van der Waals surface area contributed by atoms with Crippen LogP contribution in [0.25, 0.3) is 0 Å². The van der Waals surface area contributed by atoms with Crippen molar-refractivity contribution in [3.8, 4) is 0 Å². The molecule has 1 aromatic rings. The number of aromatic nitrogens is 2. The Morgan fingerprint density at radius 3 is 1.71 bits per heavy atom. The van der Waals surface area contributed by atoms with Gasteiger partial charge in [-0.25, -0.2) is 0 Å². The Kier molecular flexibility index (Phi) is 5.08. The van der Waals surface area contributed by atoms with Crippen LogP contribution in [0.15, 0.2) is 6.07 Å². The number of rotatable bonds is 0. The second kappa shape index (κ2) is 4.79. The first kappa shape index (κ1) is 14.8. The molecule has 2 nitrogen and oxygen atoms in total. The SMILES string of the molecule is CC(C)(C)c1cc(C(C)(C)C)[n-]n1.[K+]. The van der Waals surface area contributed by atoms with Crippen LogP contribution in [0.4, 0.5) is 0 Å². The fourth-order valence-electron chi connectivity index (χ4n) is 1.03. The molecule has 0 saturated carbocycles. The maximum atomic E-state index is 4.20. The standard InChI is InChI=1S/C11H19N2.K/c1-10(2,3)8-7-9(13-12-8)11(4,5)6;/h7H,1-6H3;/q-1;+1. The van der Waals surface area contributed by atoms with Gasteiger partial charge in [0.15, 0.2) is 0 Å². The molecule has 1 aromatic heterocycles. The smallest absolute Gasteiger partial charge is 0.578 e. The molecular formula is C11H19KN2. The number of hydrogen-bond acceptors (Lipinski definition) is 1. The first-order chi connectivity index (χ1) is 5.71. The molecule has 0 bridgehead atoms. The average Bonchev–Trinajstić information content (AvgIpc) is 2.28. The summed E-state index contributed by atoms with van der Waals surface area (Å²) >= 11 is 0. The van der Waals surface area contributed by atoms with Crippen LogP contribution in [0.5, 0.6) is 0 Å². The quantitative estimate of drug-likeness (QED) is 0.556. The molecule has 1 heterocycles. The molecule has 0 atom stereocenters. The minimum Gasteiger partial charge on any atom is -0.578 e. The van der Waals surface area contributed by atoms with Gasteiger partial charge in [0.2, 0.25) is 0 Å². The second-order valence-corrected chi connectivity index (χ2v) is 5.61. The summed E-state index contributed by atoms with van der Waals surface area (Å²) in [5.74, 6) is 0. The fourth-order valence-corrected chi connectivity index (χ4v) is 1.03. The molecule has 0 spiro atoms. The number of hydrogen-bond donors (Lipinski definition) is 0. The third kappa shape index (κ3) is 3.78. The first-order valence-corrected chi connectivity index (χ1v) is 4.72. The van der Waals surface area contributed by atoms with E-state index in [1.807, 2.05) is 0 Å². The summed E-state index contributed by atoms with van der Waals surface area (Å²) in [5, 5.41) is 8.41. The van der Waals surface area contributed by atoms with Crippen molar-refractivity contribution in [1.82, 2.24) is 10.2 Å². The van der Waals surface area contributed by atoms with Crippen LogP contribution in [0.1, 0.15) is 52.9 Å². The molecule has 0 radical (unpaired) electrons. The van der Waals surface area contributed by atoms with Crippen molar-refractivity contribution in [2.75, 3.05) is 0 Å². The van der Waals surface area contributed by atoms with Gasteiger partial charge >= 0.3 is 51.4 Å². The van der Waals surface area contributed by atoms with E-state index in [2.05, 4.69) is 57.8 Å². The molecule has 0 unspecified atom stereocenters. The molecule has 0 aliphatic rings. The Morgan fingerprint density at radius 2 is 1.50 bits per heavy atom. The normalized spacial score (nSPS) is 12.4. The van der Waals surface area contributed by atoms with Gasteiger partial charge in [-0.1, -0.05) is 47.6 Å². The van der Waals surface area contributed by atoms with Gasteiger partial charge in [-0.2, -0.15) is 0 Å². The minimum atomic E-state index is 0. The monoisotopic (exact) mass is 218 g/mol. The van der Waals surface area contributed by atoms with E-state index >= 15 is 0 Å². The molecule has 0 fully saturated rings. The predicted molar refractivity (Wildman–Crippen MR) is 55.0 cm³/mol. The molecule has 0 saturated heterocycles. The van der Waals surface area contributed by atoms with E-state index in [1.54, 1.807) is 0 Å². The Morgan fingerprint density at radius 1 is 1.00 bits per heavy atom. The van der Waals surface area contributed by atoms with Crippen LogP contribution < -0.4 is 56.5 Å². The Bertz CT molecular complexity index is 260. The molecule has 0 N–H and O–H groups in total. The molecular weight excluding hydrogens is 199 g/mol. The van der Waals surface area contributed by atoms with Gasteiger partial charge < -0.3 is 10.2 Å². The van der Waals surface area contributed by atoms with Gasteiger partial charge in [0.25, 0.3) is 0 Å². The van der Waals surface area contributed by atoms with Crippen molar-refractivity contribution in [3.63, 3.8) is 0 Å². The van der Waals surface area contributed by atoms with E-state index in [9.17, 15) is 0 Å². The van der Waals surface area contributed by atoms with Gasteiger partial charge in [0, 0.05) is 11.1 Å². The zero-order valence-corrected chi connectivity index (χ0v) is 13.6. The maximum absolute atomic E-state index is 4.20. The van der Waals surface area contributed by atoms with Gasteiger partial charge in [0.05, 0.1) is 0 Å². The van der Waals surface area contributed by atoms with Crippen LogP contribution in [-0.2, 0) is 10.8 Å². The summed E-state index contributed by atoms with van der Waals surface area (Å²) in [6.45, 7) is 12.9. The predicted octanol–water partition coefficient (Wildman–Crippen LogP) is -0.362. The van der Waals surface area contributed by atoms with Gasteiger partial charge in [-0.05, 0) is 5.41 Å². The minimum absolute atomic E-state index is 0. The van der Waals surface area contributed by atoms with E-state index < -0.39 is 0 Å². The Hall–Kier alpha value is 0.846. The molecule has 0 aliphatic carbocycles. The zero-order valence-electron chi connectivity index (χ0n) is 10.5. The zero-order chi connectivity index (χ0) is 10.3.